The predicted molar refractivity (Wildman–Crippen MR) is 34.1 cm³/mol. The summed E-state index contributed by atoms with van der Waals surface area (Å²) in [4.78, 5) is 0. The first kappa shape index (κ1) is 5.38. The third-order valence-corrected chi connectivity index (χ3v) is 1.37. The molecule has 7 heavy (non-hydrogen) atoms. The van der Waals surface area contributed by atoms with E-state index < -0.39 is 0 Å². The molecule has 0 atom stereocenters. The molecule has 0 aliphatic heterocycles. The van der Waals surface area contributed by atoms with E-state index in [1.54, 1.807) is 6.26 Å². The third kappa shape index (κ3) is 1.31. The molecule has 1 heterocycles. The zero-order valence-corrected chi connectivity index (χ0v) is 6.49. The monoisotopic (exact) mass is 224 g/mol. The van der Waals surface area contributed by atoms with Crippen molar-refractivity contribution >= 4 is 31.9 Å². The molecule has 0 aliphatic rings. The van der Waals surface area contributed by atoms with Crippen molar-refractivity contribution in [2.75, 3.05) is 0 Å². The average molecular weight is 226 g/mol. The molecule has 1 rings (SSSR count). The average Bonchev–Trinajstić information content (AvgIpc) is 1.87. The summed E-state index contributed by atoms with van der Waals surface area (Å²) in [6.45, 7) is 0. The fraction of sp³-hybridized carbons (Fsp3) is 0. The number of furan rings is 1. The largest absolute Gasteiger partial charge is 0.456 e. The number of hydrogen-bond donors (Lipinski definition) is 0. The van der Waals surface area contributed by atoms with Gasteiger partial charge in [0.05, 0.1) is 4.47 Å². The minimum atomic E-state index is 0.749. The standard InChI is InChI=1S/C4H2Br2O/c5-3-1-4(6)7-2-3/h1-2H. The van der Waals surface area contributed by atoms with Crippen molar-refractivity contribution in [3.63, 3.8) is 0 Å². The number of halogens is 2. The van der Waals surface area contributed by atoms with Gasteiger partial charge in [0, 0.05) is 6.07 Å². The lowest BCUT2D eigenvalue weighted by Crippen LogP contribution is -1.39. The van der Waals surface area contributed by atoms with Crippen LogP contribution >= 0.6 is 31.9 Å². The van der Waals surface area contributed by atoms with Crippen LogP contribution in [0, 0.1) is 0 Å². The van der Waals surface area contributed by atoms with E-state index in [1.807, 2.05) is 6.07 Å². The molecule has 0 unspecified atom stereocenters. The first-order chi connectivity index (χ1) is 3.29. The lowest BCUT2D eigenvalue weighted by Gasteiger charge is -1.65. The smallest absolute Gasteiger partial charge is 0.170 e. The van der Waals surface area contributed by atoms with E-state index in [0.29, 0.717) is 0 Å². The summed E-state index contributed by atoms with van der Waals surface area (Å²) in [7, 11) is 0. The van der Waals surface area contributed by atoms with E-state index in [-0.39, 0.29) is 0 Å². The van der Waals surface area contributed by atoms with Gasteiger partial charge in [-0.2, -0.15) is 0 Å². The van der Waals surface area contributed by atoms with E-state index in [2.05, 4.69) is 31.9 Å². The van der Waals surface area contributed by atoms with Gasteiger partial charge in [0.1, 0.15) is 6.26 Å². The lowest BCUT2D eigenvalue weighted by molar-refractivity contribution is 0.540. The van der Waals surface area contributed by atoms with Crippen LogP contribution in [0.15, 0.2) is 25.9 Å². The lowest BCUT2D eigenvalue weighted by atomic mass is 10.7. The van der Waals surface area contributed by atoms with Crippen LogP contribution in [-0.2, 0) is 0 Å². The minimum Gasteiger partial charge on any atom is -0.456 e. The van der Waals surface area contributed by atoms with Crippen LogP contribution in [0.4, 0.5) is 0 Å². The van der Waals surface area contributed by atoms with Crippen LogP contribution in [0.1, 0.15) is 0 Å². The quantitative estimate of drug-likeness (QED) is 0.662. The van der Waals surface area contributed by atoms with Crippen molar-refractivity contribution in [1.82, 2.24) is 0 Å². The fourth-order valence-corrected chi connectivity index (χ4v) is 1.24. The Morgan fingerprint density at radius 2 is 2.14 bits per heavy atom. The van der Waals surface area contributed by atoms with E-state index in [1.165, 1.54) is 0 Å². The van der Waals surface area contributed by atoms with Gasteiger partial charge >= 0.3 is 0 Å². The summed E-state index contributed by atoms with van der Waals surface area (Å²) in [6.07, 6.45) is 1.62. The molecule has 0 amide bonds. The van der Waals surface area contributed by atoms with E-state index >= 15 is 0 Å². The van der Waals surface area contributed by atoms with Gasteiger partial charge in [0.25, 0.3) is 0 Å². The Kier molecular flexibility index (Phi) is 1.54. The minimum absolute atomic E-state index is 0.749. The molecular formula is C4H2Br2O. The molecule has 0 fully saturated rings. The molecule has 1 nitrogen and oxygen atoms in total. The Morgan fingerprint density at radius 1 is 1.43 bits per heavy atom. The first-order valence-electron chi connectivity index (χ1n) is 1.68. The summed E-state index contributed by atoms with van der Waals surface area (Å²) in [5.74, 6) is 0. The van der Waals surface area contributed by atoms with Crippen LogP contribution in [0.25, 0.3) is 0 Å². The summed E-state index contributed by atoms with van der Waals surface area (Å²) in [6, 6.07) is 1.83. The van der Waals surface area contributed by atoms with Crippen LogP contribution in [0.5, 0.6) is 0 Å². The molecule has 0 aromatic carbocycles. The zero-order valence-electron chi connectivity index (χ0n) is 3.32. The van der Waals surface area contributed by atoms with Crippen molar-refractivity contribution in [3.05, 3.63) is 21.5 Å². The van der Waals surface area contributed by atoms with Gasteiger partial charge in [-0.3, -0.25) is 0 Å². The van der Waals surface area contributed by atoms with Crippen LogP contribution < -0.4 is 0 Å². The number of rotatable bonds is 0. The van der Waals surface area contributed by atoms with Crippen molar-refractivity contribution in [2.45, 2.75) is 0 Å². The Labute approximate surface area is 58.0 Å². The van der Waals surface area contributed by atoms with Crippen LogP contribution in [-0.4, -0.2) is 0 Å². The van der Waals surface area contributed by atoms with Gasteiger partial charge in [-0.25, -0.2) is 0 Å². The summed E-state index contributed by atoms with van der Waals surface area (Å²) in [5, 5.41) is 0. The Hall–Kier alpha value is 0.240. The van der Waals surface area contributed by atoms with E-state index in [9.17, 15) is 0 Å². The predicted octanol–water partition coefficient (Wildman–Crippen LogP) is 2.80. The maximum Gasteiger partial charge on any atom is 0.170 e. The second-order valence-corrected chi connectivity index (χ2v) is 2.77. The summed E-state index contributed by atoms with van der Waals surface area (Å²) < 4.78 is 6.54. The van der Waals surface area contributed by atoms with Crippen molar-refractivity contribution in [3.8, 4) is 0 Å². The maximum absolute atomic E-state index is 4.83. The SMILES string of the molecule is Brc1coc(Br)c1. The zero-order chi connectivity index (χ0) is 5.28. The molecule has 0 saturated carbocycles. The molecule has 3 heteroatoms. The van der Waals surface area contributed by atoms with E-state index in [0.717, 1.165) is 9.14 Å². The second kappa shape index (κ2) is 2.01. The highest BCUT2D eigenvalue weighted by molar-refractivity contribution is 9.11. The molecule has 0 saturated heterocycles. The highest BCUT2D eigenvalue weighted by atomic mass is 79.9. The van der Waals surface area contributed by atoms with Gasteiger partial charge < -0.3 is 4.42 Å². The van der Waals surface area contributed by atoms with Crippen molar-refractivity contribution < 1.29 is 4.42 Å². The molecule has 0 bridgehead atoms. The van der Waals surface area contributed by atoms with Crippen molar-refractivity contribution in [2.24, 2.45) is 0 Å². The maximum atomic E-state index is 4.83. The summed E-state index contributed by atoms with van der Waals surface area (Å²) in [5.41, 5.74) is 0. The highest BCUT2D eigenvalue weighted by Crippen LogP contribution is 2.17. The van der Waals surface area contributed by atoms with Gasteiger partial charge in [0.15, 0.2) is 4.67 Å². The number of hydrogen-bond acceptors (Lipinski definition) is 1. The molecular weight excluding hydrogens is 224 g/mol. The van der Waals surface area contributed by atoms with Gasteiger partial charge in [-0.05, 0) is 31.9 Å². The fourth-order valence-electron chi connectivity index (χ4n) is 0.289. The molecule has 1 aromatic rings. The molecule has 0 spiro atoms. The second-order valence-electron chi connectivity index (χ2n) is 1.07. The van der Waals surface area contributed by atoms with Crippen molar-refractivity contribution in [1.29, 1.82) is 0 Å². The molecule has 0 radical (unpaired) electrons. The van der Waals surface area contributed by atoms with Crippen LogP contribution in [0.2, 0.25) is 0 Å². The molecule has 1 aromatic heterocycles. The van der Waals surface area contributed by atoms with Gasteiger partial charge in [-0.15, -0.1) is 0 Å². The Balaban J connectivity index is 3.04. The normalized spacial score (nSPS) is 9.43. The van der Waals surface area contributed by atoms with Gasteiger partial charge in [-0.1, -0.05) is 0 Å². The van der Waals surface area contributed by atoms with Gasteiger partial charge in [0.2, 0.25) is 0 Å². The Morgan fingerprint density at radius 3 is 2.29 bits per heavy atom. The third-order valence-electron chi connectivity index (χ3n) is 0.535. The topological polar surface area (TPSA) is 13.1 Å². The molecule has 38 valence electrons. The molecule has 0 aliphatic carbocycles. The highest BCUT2D eigenvalue weighted by Gasteiger charge is 1.89. The Bertz CT molecular complexity index is 142. The molecule has 0 N–H and O–H groups in total. The first-order valence-corrected chi connectivity index (χ1v) is 3.27. The van der Waals surface area contributed by atoms with E-state index in [4.69, 9.17) is 4.42 Å². The van der Waals surface area contributed by atoms with Crippen LogP contribution in [0.3, 0.4) is 0 Å². The summed E-state index contributed by atoms with van der Waals surface area (Å²) >= 11 is 6.34.